The van der Waals surface area contributed by atoms with Crippen LogP contribution in [0.3, 0.4) is 0 Å². The van der Waals surface area contributed by atoms with Crippen LogP contribution >= 0.6 is 0 Å². The lowest BCUT2D eigenvalue weighted by atomic mass is 10.1. The van der Waals surface area contributed by atoms with E-state index < -0.39 is 0 Å². The smallest absolute Gasteiger partial charge is 0.132 e. The number of rotatable bonds is 2. The highest BCUT2D eigenvalue weighted by Gasteiger charge is 2.18. The molecule has 0 aliphatic carbocycles. The Labute approximate surface area is 112 Å². The summed E-state index contributed by atoms with van der Waals surface area (Å²) in [5.74, 6) is -0.206. The molecule has 1 aromatic carbocycles. The predicted octanol–water partition coefficient (Wildman–Crippen LogP) is 2.59. The molecule has 0 radical (unpaired) electrons. The Kier molecular flexibility index (Phi) is 3.44. The molecule has 19 heavy (non-hydrogen) atoms. The molecule has 2 heterocycles. The summed E-state index contributed by atoms with van der Waals surface area (Å²) in [6, 6.07) is 6.92. The zero-order valence-corrected chi connectivity index (χ0v) is 11.0. The van der Waals surface area contributed by atoms with Crippen LogP contribution in [-0.4, -0.2) is 35.7 Å². The number of morpholine rings is 1. The minimum absolute atomic E-state index is 0.206. The number of halogens is 1. The lowest BCUT2D eigenvalue weighted by Crippen LogP contribution is -2.40. The molecule has 1 aromatic heterocycles. The van der Waals surface area contributed by atoms with Gasteiger partial charge in [0.25, 0.3) is 0 Å². The van der Waals surface area contributed by atoms with Gasteiger partial charge in [-0.1, -0.05) is 6.07 Å². The van der Waals surface area contributed by atoms with E-state index in [-0.39, 0.29) is 11.9 Å². The molecule has 1 saturated heterocycles. The van der Waals surface area contributed by atoms with Crippen molar-refractivity contribution in [3.05, 3.63) is 41.8 Å². The Hall–Kier alpha value is -1.52. The van der Waals surface area contributed by atoms with Crippen LogP contribution in [0.15, 0.2) is 30.5 Å². The van der Waals surface area contributed by atoms with Crippen molar-refractivity contribution in [2.45, 2.75) is 19.6 Å². The van der Waals surface area contributed by atoms with Crippen molar-refractivity contribution in [2.24, 2.45) is 0 Å². The number of pyridine rings is 1. The van der Waals surface area contributed by atoms with E-state index >= 15 is 0 Å². The van der Waals surface area contributed by atoms with Gasteiger partial charge in [0.1, 0.15) is 5.82 Å². The van der Waals surface area contributed by atoms with Crippen LogP contribution in [0.1, 0.15) is 12.5 Å². The fraction of sp³-hybridized carbons (Fsp3) is 0.400. The maximum atomic E-state index is 13.7. The van der Waals surface area contributed by atoms with E-state index in [1.807, 2.05) is 6.07 Å². The number of nitrogens with zero attached hydrogens (tertiary/aromatic N) is 2. The molecule has 0 N–H and O–H groups in total. The fourth-order valence-corrected chi connectivity index (χ4v) is 2.60. The molecular weight excluding hydrogens is 243 g/mol. The highest BCUT2D eigenvalue weighted by atomic mass is 19.1. The molecule has 3 nitrogen and oxygen atoms in total. The number of fused-ring (bicyclic) bond motifs is 1. The monoisotopic (exact) mass is 260 g/mol. The van der Waals surface area contributed by atoms with Gasteiger partial charge in [-0.05, 0) is 30.7 Å². The van der Waals surface area contributed by atoms with Gasteiger partial charge in [0, 0.05) is 31.2 Å². The van der Waals surface area contributed by atoms with Crippen molar-refractivity contribution < 1.29 is 9.13 Å². The Morgan fingerprint density at radius 2 is 2.32 bits per heavy atom. The predicted molar refractivity (Wildman–Crippen MR) is 72.4 cm³/mol. The Morgan fingerprint density at radius 3 is 3.16 bits per heavy atom. The van der Waals surface area contributed by atoms with Gasteiger partial charge in [0.2, 0.25) is 0 Å². The third kappa shape index (κ3) is 2.60. The summed E-state index contributed by atoms with van der Waals surface area (Å²) in [6.07, 6.45) is 1.97. The Morgan fingerprint density at radius 1 is 1.42 bits per heavy atom. The van der Waals surface area contributed by atoms with Crippen LogP contribution < -0.4 is 0 Å². The first-order valence-electron chi connectivity index (χ1n) is 6.60. The zero-order valence-electron chi connectivity index (χ0n) is 11.0. The van der Waals surface area contributed by atoms with Crippen molar-refractivity contribution in [3.63, 3.8) is 0 Å². The lowest BCUT2D eigenvalue weighted by Gasteiger charge is -2.31. The van der Waals surface area contributed by atoms with Crippen LogP contribution in [0.2, 0.25) is 0 Å². The second-order valence-corrected chi connectivity index (χ2v) is 5.02. The summed E-state index contributed by atoms with van der Waals surface area (Å²) >= 11 is 0. The maximum absolute atomic E-state index is 13.7. The molecule has 1 atom stereocenters. The standard InChI is InChI=1S/C15H17FN2O/c1-11-9-18(7-8-19-11)10-12-4-5-14(16)13-3-2-6-17-15(12)13/h2-6,11H,7-10H2,1H3/t11-/m1/s1. The van der Waals surface area contributed by atoms with E-state index in [1.165, 1.54) is 6.07 Å². The molecule has 0 spiro atoms. The van der Waals surface area contributed by atoms with E-state index in [2.05, 4.69) is 16.8 Å². The number of aromatic nitrogens is 1. The minimum Gasteiger partial charge on any atom is -0.376 e. The van der Waals surface area contributed by atoms with Crippen molar-refractivity contribution in [1.82, 2.24) is 9.88 Å². The topological polar surface area (TPSA) is 25.4 Å². The molecule has 3 rings (SSSR count). The summed E-state index contributed by atoms with van der Waals surface area (Å²) < 4.78 is 19.3. The van der Waals surface area contributed by atoms with Gasteiger partial charge < -0.3 is 4.74 Å². The van der Waals surface area contributed by atoms with Gasteiger partial charge in [0.05, 0.1) is 18.2 Å². The van der Waals surface area contributed by atoms with Crippen molar-refractivity contribution in [2.75, 3.05) is 19.7 Å². The fourth-order valence-electron chi connectivity index (χ4n) is 2.60. The summed E-state index contributed by atoms with van der Waals surface area (Å²) in [6.45, 7) is 5.45. The average Bonchev–Trinajstić information content (AvgIpc) is 2.42. The molecule has 1 fully saturated rings. The van der Waals surface area contributed by atoms with Crippen LogP contribution in [0.25, 0.3) is 10.9 Å². The van der Waals surface area contributed by atoms with Gasteiger partial charge in [-0.15, -0.1) is 0 Å². The SMILES string of the molecule is C[C@@H]1CN(Cc2ccc(F)c3cccnc23)CCO1. The third-order valence-corrected chi connectivity index (χ3v) is 3.52. The summed E-state index contributed by atoms with van der Waals surface area (Å²) in [5.41, 5.74) is 1.84. The molecular formula is C15H17FN2O. The average molecular weight is 260 g/mol. The number of hydrogen-bond acceptors (Lipinski definition) is 3. The van der Waals surface area contributed by atoms with E-state index in [4.69, 9.17) is 4.74 Å². The number of hydrogen-bond donors (Lipinski definition) is 0. The van der Waals surface area contributed by atoms with Crippen LogP contribution in [0.5, 0.6) is 0 Å². The molecule has 4 heteroatoms. The van der Waals surface area contributed by atoms with Gasteiger partial charge in [0.15, 0.2) is 0 Å². The lowest BCUT2D eigenvalue weighted by molar-refractivity contribution is -0.0211. The van der Waals surface area contributed by atoms with Crippen LogP contribution in [-0.2, 0) is 11.3 Å². The highest BCUT2D eigenvalue weighted by molar-refractivity contribution is 5.82. The molecule has 0 saturated carbocycles. The Bertz CT molecular complexity index is 587. The van der Waals surface area contributed by atoms with Gasteiger partial charge in [-0.3, -0.25) is 9.88 Å². The molecule has 1 aliphatic rings. The van der Waals surface area contributed by atoms with Gasteiger partial charge in [-0.25, -0.2) is 4.39 Å². The quantitative estimate of drug-likeness (QED) is 0.830. The second-order valence-electron chi connectivity index (χ2n) is 5.02. The largest absolute Gasteiger partial charge is 0.376 e. The molecule has 0 unspecified atom stereocenters. The van der Waals surface area contributed by atoms with E-state index in [9.17, 15) is 4.39 Å². The Balaban J connectivity index is 1.90. The summed E-state index contributed by atoms with van der Waals surface area (Å²) in [5, 5.41) is 0.598. The molecule has 100 valence electrons. The van der Waals surface area contributed by atoms with Crippen LogP contribution in [0, 0.1) is 5.82 Å². The highest BCUT2D eigenvalue weighted by Crippen LogP contribution is 2.21. The molecule has 1 aliphatic heterocycles. The molecule has 2 aromatic rings. The number of benzene rings is 1. The van der Waals surface area contributed by atoms with Gasteiger partial charge in [-0.2, -0.15) is 0 Å². The summed E-state index contributed by atoms with van der Waals surface area (Å²) in [7, 11) is 0. The molecule has 0 amide bonds. The van der Waals surface area contributed by atoms with Crippen molar-refractivity contribution >= 4 is 10.9 Å². The first kappa shape index (κ1) is 12.5. The second kappa shape index (κ2) is 5.23. The first-order chi connectivity index (χ1) is 9.24. The molecule has 0 bridgehead atoms. The van der Waals surface area contributed by atoms with E-state index in [0.29, 0.717) is 5.39 Å². The van der Waals surface area contributed by atoms with Crippen molar-refractivity contribution in [3.8, 4) is 0 Å². The van der Waals surface area contributed by atoms with Crippen molar-refractivity contribution in [1.29, 1.82) is 0 Å². The van der Waals surface area contributed by atoms with E-state index in [0.717, 1.165) is 37.3 Å². The summed E-state index contributed by atoms with van der Waals surface area (Å²) in [4.78, 5) is 6.66. The zero-order chi connectivity index (χ0) is 13.2. The number of ether oxygens (including phenoxy) is 1. The third-order valence-electron chi connectivity index (χ3n) is 3.52. The first-order valence-corrected chi connectivity index (χ1v) is 6.60. The van der Waals surface area contributed by atoms with Crippen LogP contribution in [0.4, 0.5) is 4.39 Å². The van der Waals surface area contributed by atoms with Gasteiger partial charge >= 0.3 is 0 Å². The van der Waals surface area contributed by atoms with E-state index in [1.54, 1.807) is 18.3 Å². The minimum atomic E-state index is -0.206. The normalized spacial score (nSPS) is 20.8. The maximum Gasteiger partial charge on any atom is 0.132 e.